The van der Waals surface area contributed by atoms with Crippen molar-refractivity contribution in [1.82, 2.24) is 9.97 Å². The van der Waals surface area contributed by atoms with Gasteiger partial charge in [0.2, 0.25) is 5.75 Å². The minimum atomic E-state index is -0.292. The van der Waals surface area contributed by atoms with E-state index in [0.717, 1.165) is 19.3 Å². The SMILES string of the molecule is COc1c(NCC2CCCC2CO)nc[nH]c1=O. The fourth-order valence-electron chi connectivity index (χ4n) is 2.55. The fraction of sp³-hybridized carbons (Fsp3) is 0.667. The first-order valence-corrected chi connectivity index (χ1v) is 6.22. The molecule has 1 aromatic heterocycles. The maximum absolute atomic E-state index is 11.5. The molecule has 1 heterocycles. The zero-order valence-electron chi connectivity index (χ0n) is 10.5. The highest BCUT2D eigenvalue weighted by molar-refractivity contribution is 5.47. The van der Waals surface area contributed by atoms with E-state index >= 15 is 0 Å². The molecule has 3 N–H and O–H groups in total. The summed E-state index contributed by atoms with van der Waals surface area (Å²) in [5, 5.41) is 12.4. The molecule has 0 saturated heterocycles. The third kappa shape index (κ3) is 2.64. The molecule has 0 aliphatic heterocycles. The number of aromatic amines is 1. The predicted octanol–water partition coefficient (Wildman–Crippen LogP) is 0.599. The molecule has 1 aliphatic carbocycles. The number of H-pyrrole nitrogens is 1. The van der Waals surface area contributed by atoms with Crippen molar-refractivity contribution in [3.63, 3.8) is 0 Å². The Hall–Kier alpha value is -1.56. The van der Waals surface area contributed by atoms with Crippen LogP contribution in [0.1, 0.15) is 19.3 Å². The van der Waals surface area contributed by atoms with Crippen LogP contribution in [0.3, 0.4) is 0 Å². The van der Waals surface area contributed by atoms with Gasteiger partial charge >= 0.3 is 0 Å². The fourth-order valence-corrected chi connectivity index (χ4v) is 2.55. The molecule has 1 aromatic rings. The van der Waals surface area contributed by atoms with Crippen molar-refractivity contribution in [2.24, 2.45) is 11.8 Å². The van der Waals surface area contributed by atoms with Crippen molar-refractivity contribution in [2.75, 3.05) is 25.6 Å². The third-order valence-electron chi connectivity index (χ3n) is 3.60. The lowest BCUT2D eigenvalue weighted by Gasteiger charge is -2.18. The molecule has 0 aromatic carbocycles. The van der Waals surface area contributed by atoms with Gasteiger partial charge in [0.1, 0.15) is 0 Å². The van der Waals surface area contributed by atoms with Crippen molar-refractivity contribution in [3.8, 4) is 5.75 Å². The summed E-state index contributed by atoms with van der Waals surface area (Å²) in [6, 6.07) is 0. The normalized spacial score (nSPS) is 23.0. The van der Waals surface area contributed by atoms with Crippen LogP contribution in [0.4, 0.5) is 5.82 Å². The number of aliphatic hydroxyl groups is 1. The summed E-state index contributed by atoms with van der Waals surface area (Å²) in [4.78, 5) is 18.0. The average molecular weight is 253 g/mol. The van der Waals surface area contributed by atoms with Gasteiger partial charge in [0.25, 0.3) is 5.56 Å². The van der Waals surface area contributed by atoms with Crippen molar-refractivity contribution < 1.29 is 9.84 Å². The van der Waals surface area contributed by atoms with Crippen molar-refractivity contribution in [3.05, 3.63) is 16.7 Å². The van der Waals surface area contributed by atoms with Gasteiger partial charge in [0, 0.05) is 13.2 Å². The number of nitrogens with one attached hydrogen (secondary N) is 2. The van der Waals surface area contributed by atoms with Gasteiger partial charge in [-0.15, -0.1) is 0 Å². The second-order valence-corrected chi connectivity index (χ2v) is 4.63. The molecule has 2 atom stereocenters. The van der Waals surface area contributed by atoms with Crippen LogP contribution in [-0.2, 0) is 0 Å². The van der Waals surface area contributed by atoms with Gasteiger partial charge in [-0.2, -0.15) is 0 Å². The molecule has 2 rings (SSSR count). The van der Waals surface area contributed by atoms with E-state index in [4.69, 9.17) is 4.74 Å². The lowest BCUT2D eigenvalue weighted by Crippen LogP contribution is -2.22. The van der Waals surface area contributed by atoms with Crippen molar-refractivity contribution >= 4 is 5.82 Å². The summed E-state index contributed by atoms with van der Waals surface area (Å²) in [7, 11) is 1.45. The summed E-state index contributed by atoms with van der Waals surface area (Å²) >= 11 is 0. The van der Waals surface area contributed by atoms with Gasteiger partial charge < -0.3 is 20.1 Å². The van der Waals surface area contributed by atoms with Gasteiger partial charge in [0.05, 0.1) is 13.4 Å². The van der Waals surface area contributed by atoms with E-state index in [0.29, 0.717) is 24.2 Å². The maximum Gasteiger partial charge on any atom is 0.295 e. The second-order valence-electron chi connectivity index (χ2n) is 4.63. The summed E-state index contributed by atoms with van der Waals surface area (Å²) in [6.45, 7) is 0.935. The average Bonchev–Trinajstić information content (AvgIpc) is 2.83. The highest BCUT2D eigenvalue weighted by Gasteiger charge is 2.26. The first-order valence-electron chi connectivity index (χ1n) is 6.22. The summed E-state index contributed by atoms with van der Waals surface area (Å²) < 4.78 is 5.03. The second kappa shape index (κ2) is 5.86. The topological polar surface area (TPSA) is 87.2 Å². The lowest BCUT2D eigenvalue weighted by molar-refractivity contribution is 0.199. The molecule has 18 heavy (non-hydrogen) atoms. The Kier molecular flexibility index (Phi) is 4.19. The Balaban J connectivity index is 2.02. The van der Waals surface area contributed by atoms with Crippen molar-refractivity contribution in [2.45, 2.75) is 19.3 Å². The first-order chi connectivity index (χ1) is 8.76. The van der Waals surface area contributed by atoms with Crippen LogP contribution in [0.25, 0.3) is 0 Å². The Morgan fingerprint density at radius 2 is 2.33 bits per heavy atom. The summed E-state index contributed by atoms with van der Waals surface area (Å²) in [5.41, 5.74) is -0.292. The molecule has 6 heteroatoms. The van der Waals surface area contributed by atoms with E-state index in [1.807, 2.05) is 0 Å². The molecule has 2 unspecified atom stereocenters. The van der Waals surface area contributed by atoms with Gasteiger partial charge in [-0.25, -0.2) is 4.98 Å². The van der Waals surface area contributed by atoms with E-state index < -0.39 is 0 Å². The zero-order chi connectivity index (χ0) is 13.0. The number of hydrogen-bond donors (Lipinski definition) is 3. The standard InChI is InChI=1S/C12H19N3O3/c1-18-10-11(14-7-15-12(10)17)13-5-8-3-2-4-9(8)6-16/h7-9,16H,2-6H2,1H3,(H2,13,14,15,17). The van der Waals surface area contributed by atoms with Crippen LogP contribution >= 0.6 is 0 Å². The van der Waals surface area contributed by atoms with Crippen LogP contribution in [-0.4, -0.2) is 35.3 Å². The first kappa shape index (κ1) is 12.9. The van der Waals surface area contributed by atoms with E-state index in [-0.39, 0.29) is 17.9 Å². The Morgan fingerprint density at radius 1 is 1.56 bits per heavy atom. The molecular weight excluding hydrogens is 234 g/mol. The van der Waals surface area contributed by atoms with Gasteiger partial charge in [-0.1, -0.05) is 6.42 Å². The van der Waals surface area contributed by atoms with Crippen molar-refractivity contribution in [1.29, 1.82) is 0 Å². The molecule has 1 fully saturated rings. The third-order valence-corrected chi connectivity index (χ3v) is 3.60. The molecule has 1 saturated carbocycles. The number of aromatic nitrogens is 2. The Morgan fingerprint density at radius 3 is 3.06 bits per heavy atom. The summed E-state index contributed by atoms with van der Waals surface area (Å²) in [5.74, 6) is 1.45. The molecule has 0 bridgehead atoms. The number of aliphatic hydroxyl groups excluding tert-OH is 1. The Bertz CT molecular complexity index is 446. The Labute approximate surface area is 105 Å². The predicted molar refractivity (Wildman–Crippen MR) is 67.8 cm³/mol. The van der Waals surface area contributed by atoms with Gasteiger partial charge in [0.15, 0.2) is 5.82 Å². The molecule has 0 amide bonds. The largest absolute Gasteiger partial charge is 0.489 e. The number of nitrogens with zero attached hydrogens (tertiary/aromatic N) is 1. The lowest BCUT2D eigenvalue weighted by atomic mass is 9.97. The van der Waals surface area contributed by atoms with E-state index in [9.17, 15) is 9.90 Å². The number of ether oxygens (including phenoxy) is 1. The molecule has 100 valence electrons. The van der Waals surface area contributed by atoms with Crippen LogP contribution in [0.5, 0.6) is 5.75 Å². The highest BCUT2D eigenvalue weighted by atomic mass is 16.5. The number of methoxy groups -OCH3 is 1. The quantitative estimate of drug-likeness (QED) is 0.715. The molecule has 6 nitrogen and oxygen atoms in total. The minimum Gasteiger partial charge on any atom is -0.489 e. The van der Waals surface area contributed by atoms with Crippen LogP contribution in [0.15, 0.2) is 11.1 Å². The number of anilines is 1. The van der Waals surface area contributed by atoms with E-state index in [1.165, 1.54) is 13.4 Å². The molecular formula is C12H19N3O3. The number of hydrogen-bond acceptors (Lipinski definition) is 5. The molecule has 0 spiro atoms. The monoisotopic (exact) mass is 253 g/mol. The van der Waals surface area contributed by atoms with Gasteiger partial charge in [-0.3, -0.25) is 4.79 Å². The summed E-state index contributed by atoms with van der Waals surface area (Å²) in [6.07, 6.45) is 4.68. The number of rotatable bonds is 5. The zero-order valence-corrected chi connectivity index (χ0v) is 10.5. The molecule has 1 aliphatic rings. The van der Waals surface area contributed by atoms with Crippen LogP contribution in [0.2, 0.25) is 0 Å². The maximum atomic E-state index is 11.5. The highest BCUT2D eigenvalue weighted by Crippen LogP contribution is 2.31. The van der Waals surface area contributed by atoms with Gasteiger partial charge in [-0.05, 0) is 24.7 Å². The smallest absolute Gasteiger partial charge is 0.295 e. The van der Waals surface area contributed by atoms with E-state index in [1.54, 1.807) is 0 Å². The van der Waals surface area contributed by atoms with Crippen LogP contribution in [0, 0.1) is 11.8 Å². The minimum absolute atomic E-state index is 0.205. The van der Waals surface area contributed by atoms with E-state index in [2.05, 4.69) is 15.3 Å². The van der Waals surface area contributed by atoms with Crippen LogP contribution < -0.4 is 15.6 Å². The molecule has 0 radical (unpaired) electrons.